The second-order valence-electron chi connectivity index (χ2n) is 6.18. The number of hydrogen-bond acceptors (Lipinski definition) is 3. The van der Waals surface area contributed by atoms with Crippen molar-refractivity contribution in [2.24, 2.45) is 0 Å². The Morgan fingerprint density at radius 3 is 2.46 bits per heavy atom. The molecule has 0 amide bonds. The monoisotopic (exact) mass is 414 g/mol. The Hall–Kier alpha value is -2.82. The molecule has 140 valence electrons. The van der Waals surface area contributed by atoms with Crippen molar-refractivity contribution < 1.29 is 13.5 Å². The fourth-order valence-electron chi connectivity index (χ4n) is 2.81. The van der Waals surface area contributed by atoms with E-state index in [0.717, 1.165) is 10.9 Å². The Bertz CT molecular complexity index is 1220. The van der Waals surface area contributed by atoms with Gasteiger partial charge in [-0.15, -0.1) is 0 Å². The first-order chi connectivity index (χ1) is 13.5. The molecule has 0 radical (unpaired) electrons. The molecule has 0 N–H and O–H groups in total. The molecule has 1 aromatic heterocycles. The van der Waals surface area contributed by atoms with E-state index in [9.17, 15) is 9.18 Å². The van der Waals surface area contributed by atoms with E-state index in [1.807, 2.05) is 0 Å². The molecule has 0 saturated carbocycles. The normalized spacial score (nSPS) is 11.0. The smallest absolute Gasteiger partial charge is 0.344 e. The van der Waals surface area contributed by atoms with Crippen molar-refractivity contribution in [3.8, 4) is 16.9 Å². The molecule has 1 heterocycles. The zero-order valence-corrected chi connectivity index (χ0v) is 15.9. The Labute approximate surface area is 169 Å². The van der Waals surface area contributed by atoms with E-state index in [2.05, 4.69) is 0 Å². The van der Waals surface area contributed by atoms with Crippen LogP contribution < -0.4 is 10.4 Å². The summed E-state index contributed by atoms with van der Waals surface area (Å²) in [5.74, 6) is 0.105. The van der Waals surface area contributed by atoms with Crippen LogP contribution in [0.4, 0.5) is 4.39 Å². The molecule has 3 nitrogen and oxygen atoms in total. The van der Waals surface area contributed by atoms with Crippen molar-refractivity contribution in [3.63, 3.8) is 0 Å². The third-order valence-corrected chi connectivity index (χ3v) is 4.88. The van der Waals surface area contributed by atoms with Crippen LogP contribution in [-0.2, 0) is 6.61 Å². The standard InChI is InChI=1S/C22H13Cl2FO3/c23-16-5-1-13(2-6-16)19-9-14-4-8-18(11-21(14)28-22(19)26)27-12-15-3-7-17(25)10-20(15)24/h1-11H,12H2. The molecule has 3 aromatic carbocycles. The van der Waals surface area contributed by atoms with E-state index in [-0.39, 0.29) is 6.61 Å². The van der Waals surface area contributed by atoms with Crippen molar-refractivity contribution in [1.82, 2.24) is 0 Å². The molecule has 0 atom stereocenters. The number of benzene rings is 3. The van der Waals surface area contributed by atoms with Gasteiger partial charge in [0, 0.05) is 22.0 Å². The summed E-state index contributed by atoms with van der Waals surface area (Å²) in [5.41, 5.74) is 1.80. The van der Waals surface area contributed by atoms with Crippen LogP contribution >= 0.6 is 23.2 Å². The maximum absolute atomic E-state index is 13.1. The molecule has 0 aliphatic rings. The first-order valence-electron chi connectivity index (χ1n) is 8.40. The van der Waals surface area contributed by atoms with Gasteiger partial charge in [-0.2, -0.15) is 0 Å². The van der Waals surface area contributed by atoms with Gasteiger partial charge in [0.1, 0.15) is 23.8 Å². The highest BCUT2D eigenvalue weighted by atomic mass is 35.5. The van der Waals surface area contributed by atoms with Gasteiger partial charge in [0.15, 0.2) is 0 Å². The van der Waals surface area contributed by atoms with E-state index in [1.54, 1.807) is 54.6 Å². The number of fused-ring (bicyclic) bond motifs is 1. The lowest BCUT2D eigenvalue weighted by atomic mass is 10.1. The molecule has 6 heteroatoms. The molecule has 0 bridgehead atoms. The van der Waals surface area contributed by atoms with Crippen LogP contribution in [0.1, 0.15) is 5.56 Å². The molecular formula is C22H13Cl2FO3. The average Bonchev–Trinajstić information content (AvgIpc) is 2.67. The fourth-order valence-corrected chi connectivity index (χ4v) is 3.16. The molecule has 0 unspecified atom stereocenters. The van der Waals surface area contributed by atoms with Gasteiger partial charge in [0.25, 0.3) is 0 Å². The fraction of sp³-hybridized carbons (Fsp3) is 0.0455. The van der Waals surface area contributed by atoms with Gasteiger partial charge in [0.2, 0.25) is 0 Å². The quantitative estimate of drug-likeness (QED) is 0.358. The van der Waals surface area contributed by atoms with Crippen LogP contribution in [0.5, 0.6) is 5.75 Å². The van der Waals surface area contributed by atoms with Gasteiger partial charge in [-0.3, -0.25) is 0 Å². The lowest BCUT2D eigenvalue weighted by molar-refractivity contribution is 0.306. The van der Waals surface area contributed by atoms with Crippen molar-refractivity contribution >= 4 is 34.2 Å². The van der Waals surface area contributed by atoms with Gasteiger partial charge in [-0.1, -0.05) is 41.4 Å². The Morgan fingerprint density at radius 1 is 0.929 bits per heavy atom. The maximum atomic E-state index is 13.1. The minimum Gasteiger partial charge on any atom is -0.489 e. The van der Waals surface area contributed by atoms with Gasteiger partial charge in [0.05, 0.1) is 10.6 Å². The lowest BCUT2D eigenvalue weighted by Crippen LogP contribution is -2.03. The molecule has 0 fully saturated rings. The molecule has 4 aromatic rings. The Balaban J connectivity index is 1.61. The van der Waals surface area contributed by atoms with E-state index in [4.69, 9.17) is 32.4 Å². The SMILES string of the molecule is O=c1oc2cc(OCc3ccc(F)cc3Cl)ccc2cc1-c1ccc(Cl)cc1. The van der Waals surface area contributed by atoms with Crippen molar-refractivity contribution in [3.05, 3.63) is 98.6 Å². The molecule has 0 aliphatic heterocycles. The molecule has 28 heavy (non-hydrogen) atoms. The first-order valence-corrected chi connectivity index (χ1v) is 9.16. The molecule has 0 saturated heterocycles. The van der Waals surface area contributed by atoms with Gasteiger partial charge >= 0.3 is 5.63 Å². The van der Waals surface area contributed by atoms with Crippen molar-refractivity contribution in [2.45, 2.75) is 6.61 Å². The largest absolute Gasteiger partial charge is 0.489 e. The maximum Gasteiger partial charge on any atom is 0.344 e. The third kappa shape index (κ3) is 3.88. The summed E-state index contributed by atoms with van der Waals surface area (Å²) < 4.78 is 24.3. The summed E-state index contributed by atoms with van der Waals surface area (Å²) in [5, 5.41) is 1.65. The summed E-state index contributed by atoms with van der Waals surface area (Å²) in [6.07, 6.45) is 0. The Morgan fingerprint density at radius 2 is 1.71 bits per heavy atom. The minimum atomic E-state index is -0.450. The summed E-state index contributed by atoms with van der Waals surface area (Å²) in [6.45, 7) is 0.164. The minimum absolute atomic E-state index is 0.164. The van der Waals surface area contributed by atoms with Crippen molar-refractivity contribution in [1.29, 1.82) is 0 Å². The summed E-state index contributed by atoms with van der Waals surface area (Å²) >= 11 is 11.9. The molecule has 0 aliphatic carbocycles. The van der Waals surface area contributed by atoms with Crippen LogP contribution in [-0.4, -0.2) is 0 Å². The highest BCUT2D eigenvalue weighted by Crippen LogP contribution is 2.26. The topological polar surface area (TPSA) is 39.4 Å². The number of rotatable bonds is 4. The molecule has 4 rings (SSSR count). The summed E-state index contributed by atoms with van der Waals surface area (Å²) in [7, 11) is 0. The number of ether oxygens (including phenoxy) is 1. The third-order valence-electron chi connectivity index (χ3n) is 4.27. The molecule has 0 spiro atoms. The van der Waals surface area contributed by atoms with E-state index in [0.29, 0.717) is 32.5 Å². The second-order valence-corrected chi connectivity index (χ2v) is 7.02. The van der Waals surface area contributed by atoms with Gasteiger partial charge < -0.3 is 9.15 Å². The second kappa shape index (κ2) is 7.66. The van der Waals surface area contributed by atoms with Crippen LogP contribution in [0.2, 0.25) is 10.0 Å². The van der Waals surface area contributed by atoms with Crippen LogP contribution in [0.3, 0.4) is 0 Å². The van der Waals surface area contributed by atoms with Gasteiger partial charge in [-0.05, 0) is 48.0 Å². The first kappa shape index (κ1) is 18.5. The van der Waals surface area contributed by atoms with Crippen LogP contribution in [0, 0.1) is 5.82 Å². The van der Waals surface area contributed by atoms with Crippen LogP contribution in [0.15, 0.2) is 75.9 Å². The summed E-state index contributed by atoms with van der Waals surface area (Å²) in [6, 6.07) is 18.1. The van der Waals surface area contributed by atoms with E-state index in [1.165, 1.54) is 12.1 Å². The van der Waals surface area contributed by atoms with E-state index >= 15 is 0 Å². The summed E-state index contributed by atoms with van der Waals surface area (Å²) in [4.78, 5) is 12.4. The number of hydrogen-bond donors (Lipinski definition) is 0. The Kier molecular flexibility index (Phi) is 5.07. The number of halogens is 3. The van der Waals surface area contributed by atoms with Crippen LogP contribution in [0.25, 0.3) is 22.1 Å². The average molecular weight is 415 g/mol. The van der Waals surface area contributed by atoms with Gasteiger partial charge in [-0.25, -0.2) is 9.18 Å². The lowest BCUT2D eigenvalue weighted by Gasteiger charge is -2.09. The zero-order chi connectivity index (χ0) is 19.7. The predicted molar refractivity (Wildman–Crippen MR) is 109 cm³/mol. The highest BCUT2D eigenvalue weighted by Gasteiger charge is 2.10. The van der Waals surface area contributed by atoms with Crippen molar-refractivity contribution in [2.75, 3.05) is 0 Å². The predicted octanol–water partition coefficient (Wildman–Crippen LogP) is 6.48. The molecular weight excluding hydrogens is 402 g/mol. The highest BCUT2D eigenvalue weighted by molar-refractivity contribution is 6.31. The van der Waals surface area contributed by atoms with E-state index < -0.39 is 11.4 Å². The zero-order valence-electron chi connectivity index (χ0n) is 14.4.